The van der Waals surface area contributed by atoms with Gasteiger partial charge in [-0.25, -0.2) is 0 Å². The molecular weight excluding hydrogens is 240 g/mol. The van der Waals surface area contributed by atoms with Crippen molar-refractivity contribution < 1.29 is 9.53 Å². The first-order valence-electron chi connectivity index (χ1n) is 6.05. The molecule has 0 saturated heterocycles. The van der Waals surface area contributed by atoms with Crippen LogP contribution in [0.2, 0.25) is 0 Å². The van der Waals surface area contributed by atoms with Crippen molar-refractivity contribution in [2.75, 3.05) is 7.11 Å². The molecule has 1 aromatic rings. The summed E-state index contributed by atoms with van der Waals surface area (Å²) in [7, 11) is 1.61. The minimum atomic E-state index is -0.356. The first-order valence-corrected chi connectivity index (χ1v) is 6.05. The number of benzene rings is 1. The van der Waals surface area contributed by atoms with Crippen LogP contribution in [0.5, 0.6) is 5.75 Å². The van der Waals surface area contributed by atoms with Crippen LogP contribution in [0.1, 0.15) is 25.0 Å². The van der Waals surface area contributed by atoms with E-state index in [2.05, 4.69) is 5.32 Å². The second-order valence-electron chi connectivity index (χ2n) is 4.53. The van der Waals surface area contributed by atoms with Gasteiger partial charge in [-0.2, -0.15) is 5.26 Å². The summed E-state index contributed by atoms with van der Waals surface area (Å²) < 4.78 is 5.17. The van der Waals surface area contributed by atoms with Crippen molar-refractivity contribution in [1.29, 1.82) is 5.26 Å². The van der Waals surface area contributed by atoms with Gasteiger partial charge in [-0.1, -0.05) is 6.07 Å². The van der Waals surface area contributed by atoms with Crippen molar-refractivity contribution >= 4 is 12.0 Å². The summed E-state index contributed by atoms with van der Waals surface area (Å²) in [6.07, 6.45) is 1.57. The molecule has 100 valence electrons. The van der Waals surface area contributed by atoms with E-state index >= 15 is 0 Å². The quantitative estimate of drug-likeness (QED) is 0.666. The second-order valence-corrected chi connectivity index (χ2v) is 4.53. The summed E-state index contributed by atoms with van der Waals surface area (Å²) in [5.74, 6) is 0.424. The molecule has 0 unspecified atom stereocenters. The van der Waals surface area contributed by atoms with Gasteiger partial charge in [0.05, 0.1) is 7.11 Å². The maximum atomic E-state index is 11.8. The molecule has 1 amide bonds. The van der Waals surface area contributed by atoms with Crippen LogP contribution in [-0.2, 0) is 4.79 Å². The zero-order valence-electron chi connectivity index (χ0n) is 11.7. The van der Waals surface area contributed by atoms with Crippen LogP contribution >= 0.6 is 0 Å². The fourth-order valence-electron chi connectivity index (χ4n) is 1.65. The minimum Gasteiger partial charge on any atom is -0.496 e. The van der Waals surface area contributed by atoms with Crippen molar-refractivity contribution in [2.45, 2.75) is 26.8 Å². The Bertz CT molecular complexity index is 540. The second kappa shape index (κ2) is 6.60. The highest BCUT2D eigenvalue weighted by Gasteiger charge is 2.10. The lowest BCUT2D eigenvalue weighted by Gasteiger charge is -2.08. The van der Waals surface area contributed by atoms with Crippen molar-refractivity contribution in [2.24, 2.45) is 0 Å². The Hall–Kier alpha value is -2.28. The molecule has 0 aliphatic rings. The lowest BCUT2D eigenvalue weighted by atomic mass is 10.1. The van der Waals surface area contributed by atoms with Crippen LogP contribution in [0.3, 0.4) is 0 Å². The standard InChI is InChI=1S/C15H18N2O2/c1-10(2)17-15(18)13(9-16)8-12-5-6-14(19-4)11(3)7-12/h5-8,10H,1-4H3,(H,17,18)/b13-8+. The minimum absolute atomic E-state index is 0.00172. The van der Waals surface area contributed by atoms with Crippen LogP contribution in [0.15, 0.2) is 23.8 Å². The van der Waals surface area contributed by atoms with Crippen LogP contribution in [0.4, 0.5) is 0 Å². The van der Waals surface area contributed by atoms with Crippen molar-refractivity contribution in [1.82, 2.24) is 5.32 Å². The molecule has 0 radical (unpaired) electrons. The molecule has 1 aromatic carbocycles. The highest BCUT2D eigenvalue weighted by molar-refractivity contribution is 6.01. The summed E-state index contributed by atoms with van der Waals surface area (Å²) in [6, 6.07) is 7.42. The molecule has 1 N–H and O–H groups in total. The number of nitriles is 1. The van der Waals surface area contributed by atoms with Crippen molar-refractivity contribution in [3.8, 4) is 11.8 Å². The number of amides is 1. The predicted octanol–water partition coefficient (Wildman–Crippen LogP) is 2.44. The fraction of sp³-hybridized carbons (Fsp3) is 0.333. The molecule has 0 aromatic heterocycles. The van der Waals surface area contributed by atoms with E-state index < -0.39 is 0 Å². The molecule has 0 spiro atoms. The monoisotopic (exact) mass is 258 g/mol. The molecule has 1 rings (SSSR count). The van der Waals surface area contributed by atoms with E-state index in [1.165, 1.54) is 0 Å². The Morgan fingerprint density at radius 3 is 2.63 bits per heavy atom. The van der Waals surface area contributed by atoms with E-state index in [9.17, 15) is 4.79 Å². The smallest absolute Gasteiger partial charge is 0.262 e. The van der Waals surface area contributed by atoms with Crippen LogP contribution in [-0.4, -0.2) is 19.1 Å². The molecule has 19 heavy (non-hydrogen) atoms. The number of nitrogens with one attached hydrogen (secondary N) is 1. The number of hydrogen-bond acceptors (Lipinski definition) is 3. The molecule has 0 aliphatic heterocycles. The molecule has 0 heterocycles. The third-order valence-electron chi connectivity index (χ3n) is 2.51. The van der Waals surface area contributed by atoms with Gasteiger partial charge >= 0.3 is 0 Å². The van der Waals surface area contributed by atoms with Crippen LogP contribution < -0.4 is 10.1 Å². The maximum absolute atomic E-state index is 11.8. The van der Waals surface area contributed by atoms with Gasteiger partial charge in [0.1, 0.15) is 17.4 Å². The number of methoxy groups -OCH3 is 1. The number of aryl methyl sites for hydroxylation is 1. The normalized spacial score (nSPS) is 11.1. The van der Waals surface area contributed by atoms with Crippen LogP contribution in [0, 0.1) is 18.3 Å². The van der Waals surface area contributed by atoms with E-state index in [-0.39, 0.29) is 17.5 Å². The number of carbonyl (C=O) groups is 1. The number of carbonyl (C=O) groups excluding carboxylic acids is 1. The average molecular weight is 258 g/mol. The van der Waals surface area contributed by atoms with Gasteiger partial charge < -0.3 is 10.1 Å². The summed E-state index contributed by atoms with van der Waals surface area (Å²) in [5.41, 5.74) is 1.85. The van der Waals surface area contributed by atoms with E-state index in [0.717, 1.165) is 16.9 Å². The maximum Gasteiger partial charge on any atom is 0.262 e. The van der Waals surface area contributed by atoms with Gasteiger partial charge in [0.2, 0.25) is 0 Å². The molecule has 0 bridgehead atoms. The molecular formula is C15H18N2O2. The van der Waals surface area contributed by atoms with Gasteiger partial charge in [0.15, 0.2) is 0 Å². The van der Waals surface area contributed by atoms with Gasteiger partial charge in [0.25, 0.3) is 5.91 Å². The van der Waals surface area contributed by atoms with Gasteiger partial charge in [-0.3, -0.25) is 4.79 Å². The zero-order valence-corrected chi connectivity index (χ0v) is 11.7. The Kier molecular flexibility index (Phi) is 5.13. The summed E-state index contributed by atoms with van der Waals surface area (Å²) in [4.78, 5) is 11.8. The number of ether oxygens (including phenoxy) is 1. The van der Waals surface area contributed by atoms with E-state index in [1.54, 1.807) is 13.2 Å². The van der Waals surface area contributed by atoms with Crippen molar-refractivity contribution in [3.63, 3.8) is 0 Å². The molecule has 0 saturated carbocycles. The molecule has 0 aliphatic carbocycles. The highest BCUT2D eigenvalue weighted by atomic mass is 16.5. The van der Waals surface area contributed by atoms with Gasteiger partial charge in [-0.15, -0.1) is 0 Å². The topological polar surface area (TPSA) is 62.1 Å². The fourth-order valence-corrected chi connectivity index (χ4v) is 1.65. The molecule has 0 fully saturated rings. The molecule has 4 nitrogen and oxygen atoms in total. The first kappa shape index (κ1) is 14.8. The summed E-state index contributed by atoms with van der Waals surface area (Å²) in [6.45, 7) is 5.62. The largest absolute Gasteiger partial charge is 0.496 e. The number of hydrogen-bond donors (Lipinski definition) is 1. The Labute approximate surface area is 113 Å². The number of rotatable bonds is 4. The molecule has 0 atom stereocenters. The zero-order chi connectivity index (χ0) is 14.4. The molecule has 4 heteroatoms. The lowest BCUT2D eigenvalue weighted by molar-refractivity contribution is -0.117. The van der Waals surface area contributed by atoms with Gasteiger partial charge in [-0.05, 0) is 50.1 Å². The average Bonchev–Trinajstić information content (AvgIpc) is 2.35. The number of nitrogens with zero attached hydrogens (tertiary/aromatic N) is 1. The Morgan fingerprint density at radius 2 is 2.16 bits per heavy atom. The van der Waals surface area contributed by atoms with Crippen LogP contribution in [0.25, 0.3) is 6.08 Å². The van der Waals surface area contributed by atoms with E-state index in [1.807, 2.05) is 45.0 Å². The first-order chi connectivity index (χ1) is 8.97. The lowest BCUT2D eigenvalue weighted by Crippen LogP contribution is -2.30. The third-order valence-corrected chi connectivity index (χ3v) is 2.51. The summed E-state index contributed by atoms with van der Waals surface area (Å²) >= 11 is 0. The van der Waals surface area contributed by atoms with E-state index in [4.69, 9.17) is 10.00 Å². The summed E-state index contributed by atoms with van der Waals surface area (Å²) in [5, 5.41) is 11.7. The Balaban J connectivity index is 3.02. The SMILES string of the molecule is COc1ccc(/C=C(\C#N)C(=O)NC(C)C)cc1C. The third kappa shape index (κ3) is 4.14. The Morgan fingerprint density at radius 1 is 1.47 bits per heavy atom. The van der Waals surface area contributed by atoms with E-state index in [0.29, 0.717) is 0 Å². The van der Waals surface area contributed by atoms with Crippen molar-refractivity contribution in [3.05, 3.63) is 34.9 Å². The highest BCUT2D eigenvalue weighted by Crippen LogP contribution is 2.20. The predicted molar refractivity (Wildman–Crippen MR) is 74.6 cm³/mol. The van der Waals surface area contributed by atoms with Gasteiger partial charge in [0, 0.05) is 6.04 Å².